The van der Waals surface area contributed by atoms with Gasteiger partial charge in [-0.2, -0.15) is 0 Å². The molecule has 7 heteroatoms. The van der Waals surface area contributed by atoms with Crippen molar-refractivity contribution < 1.29 is 14.6 Å². The number of hydrogen-bond acceptors (Lipinski definition) is 4. The van der Waals surface area contributed by atoms with Gasteiger partial charge in [-0.1, -0.05) is 11.6 Å². The van der Waals surface area contributed by atoms with Crippen molar-refractivity contribution in [3.63, 3.8) is 0 Å². The van der Waals surface area contributed by atoms with Crippen LogP contribution in [0, 0.1) is 5.92 Å². The topological polar surface area (TPSA) is 72.3 Å². The number of rotatable bonds is 3. The van der Waals surface area contributed by atoms with Crippen LogP contribution in [0.25, 0.3) is 0 Å². The monoisotopic (exact) mass is 290 g/mol. The van der Waals surface area contributed by atoms with Gasteiger partial charge in [-0.25, -0.2) is 9.97 Å². The zero-order valence-corrected chi connectivity index (χ0v) is 11.0. The number of carboxylic acid groups (broad SMARTS) is 1. The van der Waals surface area contributed by atoms with E-state index in [0.717, 1.165) is 12.8 Å². The molecule has 0 amide bonds. The standard InChI is InChI=1S/C11H12Cl2N2O3/c12-9-8(5-14-11(13)15-9)18-7-3-1-2-6(4-7)10(16)17/h5-7H,1-4H2,(H,16,17)/t6-,7-/m0/s1. The van der Waals surface area contributed by atoms with Crippen molar-refractivity contribution in [2.45, 2.75) is 31.8 Å². The summed E-state index contributed by atoms with van der Waals surface area (Å²) in [7, 11) is 0. The molecule has 1 aliphatic carbocycles. The Morgan fingerprint density at radius 2 is 2.22 bits per heavy atom. The Hall–Kier alpha value is -1.07. The van der Waals surface area contributed by atoms with Crippen LogP contribution in [0.1, 0.15) is 25.7 Å². The van der Waals surface area contributed by atoms with Gasteiger partial charge in [0.05, 0.1) is 18.2 Å². The molecule has 98 valence electrons. The summed E-state index contributed by atoms with van der Waals surface area (Å²) in [5, 5.41) is 9.19. The minimum Gasteiger partial charge on any atom is -0.486 e. The van der Waals surface area contributed by atoms with Gasteiger partial charge in [0.15, 0.2) is 10.9 Å². The van der Waals surface area contributed by atoms with Gasteiger partial charge in [0.2, 0.25) is 5.28 Å². The van der Waals surface area contributed by atoms with Crippen molar-refractivity contribution in [1.29, 1.82) is 0 Å². The minimum absolute atomic E-state index is 0.0550. The van der Waals surface area contributed by atoms with Gasteiger partial charge < -0.3 is 9.84 Å². The van der Waals surface area contributed by atoms with E-state index in [2.05, 4.69) is 9.97 Å². The molecule has 0 radical (unpaired) electrons. The van der Waals surface area contributed by atoms with Crippen molar-refractivity contribution >= 4 is 29.2 Å². The highest BCUT2D eigenvalue weighted by Gasteiger charge is 2.28. The molecule has 0 aliphatic heterocycles. The first kappa shape index (κ1) is 13.4. The van der Waals surface area contributed by atoms with Crippen LogP contribution in [0.5, 0.6) is 5.75 Å². The van der Waals surface area contributed by atoms with Crippen LogP contribution < -0.4 is 4.74 Å². The summed E-state index contributed by atoms with van der Waals surface area (Å²) in [6.07, 6.45) is 4.05. The molecule has 1 fully saturated rings. The Kier molecular flexibility index (Phi) is 4.24. The molecule has 5 nitrogen and oxygen atoms in total. The molecule has 1 aliphatic rings. The molecule has 18 heavy (non-hydrogen) atoms. The van der Waals surface area contributed by atoms with Crippen LogP contribution >= 0.6 is 23.2 Å². The number of hydrogen-bond donors (Lipinski definition) is 1. The highest BCUT2D eigenvalue weighted by atomic mass is 35.5. The zero-order valence-electron chi connectivity index (χ0n) is 9.47. The highest BCUT2D eigenvalue weighted by Crippen LogP contribution is 2.30. The number of carbonyl (C=O) groups is 1. The molecule has 2 atom stereocenters. The Labute approximate surface area is 114 Å². The molecular formula is C11H12Cl2N2O3. The van der Waals surface area contributed by atoms with E-state index in [9.17, 15) is 4.79 Å². The van der Waals surface area contributed by atoms with E-state index in [1.165, 1.54) is 6.20 Å². The molecule has 1 aromatic rings. The second kappa shape index (κ2) is 5.71. The maximum Gasteiger partial charge on any atom is 0.306 e. The molecule has 0 saturated heterocycles. The quantitative estimate of drug-likeness (QED) is 0.684. The molecule has 0 aromatic carbocycles. The summed E-state index contributed by atoms with van der Waals surface area (Å²) in [6.45, 7) is 0. The van der Waals surface area contributed by atoms with Crippen molar-refractivity contribution in [2.24, 2.45) is 5.92 Å². The molecule has 0 bridgehead atoms. The minimum atomic E-state index is -0.776. The Balaban J connectivity index is 2.02. The number of aromatic nitrogens is 2. The molecule has 1 saturated carbocycles. The smallest absolute Gasteiger partial charge is 0.306 e. The van der Waals surface area contributed by atoms with Gasteiger partial charge in [0.1, 0.15) is 0 Å². The average molecular weight is 291 g/mol. The second-order valence-corrected chi connectivity index (χ2v) is 4.93. The predicted octanol–water partition coefficient (Wildman–Crippen LogP) is 2.81. The van der Waals surface area contributed by atoms with Gasteiger partial charge >= 0.3 is 5.97 Å². The van der Waals surface area contributed by atoms with Gasteiger partial charge in [0.25, 0.3) is 0 Å². The first-order valence-electron chi connectivity index (χ1n) is 5.63. The third-order valence-electron chi connectivity index (χ3n) is 2.95. The van der Waals surface area contributed by atoms with E-state index in [-0.39, 0.29) is 22.5 Å². The number of ether oxygens (including phenoxy) is 1. The normalized spacial score (nSPS) is 23.7. The lowest BCUT2D eigenvalue weighted by Crippen LogP contribution is -2.29. The predicted molar refractivity (Wildman–Crippen MR) is 66.1 cm³/mol. The second-order valence-electron chi connectivity index (χ2n) is 4.24. The van der Waals surface area contributed by atoms with Crippen molar-refractivity contribution in [2.75, 3.05) is 0 Å². The molecule has 1 aromatic heterocycles. The van der Waals surface area contributed by atoms with Gasteiger partial charge in [0, 0.05) is 0 Å². The van der Waals surface area contributed by atoms with Crippen molar-refractivity contribution in [3.8, 4) is 5.75 Å². The van der Waals surface area contributed by atoms with E-state index in [0.29, 0.717) is 18.6 Å². The third kappa shape index (κ3) is 3.23. The lowest BCUT2D eigenvalue weighted by molar-refractivity contribution is -0.143. The summed E-state index contributed by atoms with van der Waals surface area (Å²) in [6, 6.07) is 0. The molecule has 0 spiro atoms. The van der Waals surface area contributed by atoms with Crippen molar-refractivity contribution in [1.82, 2.24) is 9.97 Å². The third-order valence-corrected chi connectivity index (χ3v) is 3.40. The summed E-state index contributed by atoms with van der Waals surface area (Å²) in [5.74, 6) is -0.783. The van der Waals surface area contributed by atoms with Crippen molar-refractivity contribution in [3.05, 3.63) is 16.6 Å². The van der Waals surface area contributed by atoms with E-state index in [4.69, 9.17) is 33.0 Å². The van der Waals surface area contributed by atoms with Crippen LogP contribution in [0.4, 0.5) is 0 Å². The molecule has 1 N–H and O–H groups in total. The Bertz CT molecular complexity index is 456. The Morgan fingerprint density at radius 3 is 2.89 bits per heavy atom. The lowest BCUT2D eigenvalue weighted by Gasteiger charge is -2.27. The summed E-state index contributed by atoms with van der Waals surface area (Å²) in [5.41, 5.74) is 0. The largest absolute Gasteiger partial charge is 0.486 e. The fraction of sp³-hybridized carbons (Fsp3) is 0.545. The van der Waals surface area contributed by atoms with E-state index >= 15 is 0 Å². The SMILES string of the molecule is O=C(O)[C@H]1CCC[C@H](Oc2cnc(Cl)nc2Cl)C1. The first-order chi connectivity index (χ1) is 8.56. The fourth-order valence-corrected chi connectivity index (χ4v) is 2.41. The van der Waals surface area contributed by atoms with Crippen LogP contribution in [0.15, 0.2) is 6.20 Å². The van der Waals surface area contributed by atoms with E-state index in [1.807, 2.05) is 0 Å². The zero-order chi connectivity index (χ0) is 13.1. The van der Waals surface area contributed by atoms with Gasteiger partial charge in [-0.3, -0.25) is 4.79 Å². The molecule has 0 unspecified atom stereocenters. The fourth-order valence-electron chi connectivity index (χ4n) is 2.07. The maximum absolute atomic E-state index is 10.9. The lowest BCUT2D eigenvalue weighted by atomic mass is 9.87. The first-order valence-corrected chi connectivity index (χ1v) is 6.39. The number of carboxylic acids is 1. The molecular weight excluding hydrogens is 279 g/mol. The number of aliphatic carboxylic acids is 1. The summed E-state index contributed by atoms with van der Waals surface area (Å²) >= 11 is 11.5. The van der Waals surface area contributed by atoms with Crippen LogP contribution in [-0.2, 0) is 4.79 Å². The molecule has 1 heterocycles. The van der Waals surface area contributed by atoms with Crippen LogP contribution in [-0.4, -0.2) is 27.1 Å². The van der Waals surface area contributed by atoms with E-state index in [1.54, 1.807) is 0 Å². The average Bonchev–Trinajstić information content (AvgIpc) is 2.33. The van der Waals surface area contributed by atoms with Gasteiger partial charge in [-0.15, -0.1) is 0 Å². The summed E-state index contributed by atoms with van der Waals surface area (Å²) < 4.78 is 5.64. The Morgan fingerprint density at radius 1 is 1.44 bits per heavy atom. The number of halogens is 2. The number of nitrogens with zero attached hydrogens (tertiary/aromatic N) is 2. The van der Waals surface area contributed by atoms with Crippen LogP contribution in [0.3, 0.4) is 0 Å². The van der Waals surface area contributed by atoms with E-state index < -0.39 is 5.97 Å². The summed E-state index contributed by atoms with van der Waals surface area (Å²) in [4.78, 5) is 18.5. The maximum atomic E-state index is 10.9. The van der Waals surface area contributed by atoms with Crippen LogP contribution in [0.2, 0.25) is 10.4 Å². The molecule has 2 rings (SSSR count). The van der Waals surface area contributed by atoms with Gasteiger partial charge in [-0.05, 0) is 37.3 Å². The highest BCUT2D eigenvalue weighted by molar-refractivity contribution is 6.32.